The van der Waals surface area contributed by atoms with Crippen molar-refractivity contribution in [1.82, 2.24) is 24.8 Å². The van der Waals surface area contributed by atoms with Crippen LogP contribution in [0.15, 0.2) is 23.1 Å². The van der Waals surface area contributed by atoms with E-state index >= 15 is 0 Å². The first-order valence-corrected chi connectivity index (χ1v) is 7.29. The molecule has 0 atom stereocenters. The van der Waals surface area contributed by atoms with Crippen LogP contribution < -0.4 is 5.56 Å². The average molecular weight is 303 g/mol. The molecular weight excluding hydrogens is 290 g/mol. The molecule has 3 heterocycles. The van der Waals surface area contributed by atoms with Crippen molar-refractivity contribution in [3.63, 3.8) is 0 Å². The molecule has 0 saturated carbocycles. The highest BCUT2D eigenvalue weighted by Crippen LogP contribution is 2.17. The van der Waals surface area contributed by atoms with Crippen LogP contribution in [0.2, 0.25) is 0 Å². The van der Waals surface area contributed by atoms with E-state index in [0.29, 0.717) is 15.9 Å². The first-order valence-electron chi connectivity index (χ1n) is 6.47. The van der Waals surface area contributed by atoms with E-state index in [1.165, 1.54) is 22.2 Å². The van der Waals surface area contributed by atoms with Crippen LogP contribution in [0.25, 0.3) is 11.0 Å². The summed E-state index contributed by atoms with van der Waals surface area (Å²) >= 11 is 1.44. The molecule has 0 unspecified atom stereocenters. The number of aromatic nitrogens is 5. The van der Waals surface area contributed by atoms with Gasteiger partial charge in [-0.25, -0.2) is 9.36 Å². The Morgan fingerprint density at radius 1 is 1.38 bits per heavy atom. The number of ketones is 1. The predicted molar refractivity (Wildman–Crippen MR) is 78.6 cm³/mol. The van der Waals surface area contributed by atoms with Crippen LogP contribution in [-0.4, -0.2) is 30.6 Å². The molecule has 0 N–H and O–H groups in total. The maximum absolute atomic E-state index is 12.2. The fourth-order valence-electron chi connectivity index (χ4n) is 2.01. The highest BCUT2D eigenvalue weighted by Gasteiger charge is 2.14. The Morgan fingerprint density at radius 3 is 2.90 bits per heavy atom. The van der Waals surface area contributed by atoms with Crippen LogP contribution in [0.1, 0.15) is 21.5 Å². The van der Waals surface area contributed by atoms with E-state index in [4.69, 9.17) is 0 Å². The largest absolute Gasteiger partial charge is 0.291 e. The molecule has 3 aromatic heterocycles. The van der Waals surface area contributed by atoms with Gasteiger partial charge in [-0.2, -0.15) is 5.10 Å². The molecule has 0 aliphatic rings. The van der Waals surface area contributed by atoms with Gasteiger partial charge in [0.05, 0.1) is 11.1 Å². The third-order valence-corrected chi connectivity index (χ3v) is 4.47. The summed E-state index contributed by atoms with van der Waals surface area (Å²) in [5.74, 6) is -0.139. The fraction of sp³-hybridized carbons (Fsp3) is 0.308. The molecule has 8 heteroatoms. The standard InChI is InChI=1S/C13H13N5O2S/c1-3-8-4-5-11(21-8)10(19)7-18-13(20)9-6-14-17(2)12(9)15-16-18/h4-6H,3,7H2,1-2H3. The second-order valence-electron chi connectivity index (χ2n) is 4.60. The Bertz CT molecular complexity index is 876. The summed E-state index contributed by atoms with van der Waals surface area (Å²) < 4.78 is 2.56. The molecule has 0 fully saturated rings. The molecule has 21 heavy (non-hydrogen) atoms. The van der Waals surface area contributed by atoms with Gasteiger partial charge in [-0.3, -0.25) is 9.59 Å². The van der Waals surface area contributed by atoms with Gasteiger partial charge in [-0.15, -0.1) is 16.4 Å². The molecule has 7 nitrogen and oxygen atoms in total. The van der Waals surface area contributed by atoms with Gasteiger partial charge in [-0.05, 0) is 18.6 Å². The molecule has 0 aliphatic carbocycles. The van der Waals surface area contributed by atoms with E-state index in [0.717, 1.165) is 16.0 Å². The summed E-state index contributed by atoms with van der Waals surface area (Å²) in [5.41, 5.74) is 0.0572. The number of carbonyl (C=O) groups is 1. The Kier molecular flexibility index (Phi) is 3.38. The summed E-state index contributed by atoms with van der Waals surface area (Å²) in [5, 5.41) is 12.1. The molecule has 0 saturated heterocycles. The van der Waals surface area contributed by atoms with E-state index in [2.05, 4.69) is 15.4 Å². The van der Waals surface area contributed by atoms with Gasteiger partial charge in [0.25, 0.3) is 5.56 Å². The summed E-state index contributed by atoms with van der Waals surface area (Å²) in [6.07, 6.45) is 2.33. The number of carbonyl (C=O) groups excluding carboxylic acids is 1. The second kappa shape index (κ2) is 5.21. The minimum absolute atomic E-state index is 0.111. The highest BCUT2D eigenvalue weighted by atomic mass is 32.1. The van der Waals surface area contributed by atoms with Gasteiger partial charge in [0.2, 0.25) is 0 Å². The Labute approximate surface area is 123 Å². The lowest BCUT2D eigenvalue weighted by Crippen LogP contribution is -2.27. The molecule has 0 aliphatic heterocycles. The van der Waals surface area contributed by atoms with Crippen LogP contribution in [0, 0.1) is 0 Å². The lowest BCUT2D eigenvalue weighted by molar-refractivity contribution is 0.0968. The average Bonchev–Trinajstić information content (AvgIpc) is 3.09. The topological polar surface area (TPSA) is 82.7 Å². The van der Waals surface area contributed by atoms with E-state index in [9.17, 15) is 9.59 Å². The number of fused-ring (bicyclic) bond motifs is 1. The zero-order valence-electron chi connectivity index (χ0n) is 11.6. The molecule has 3 rings (SSSR count). The zero-order valence-corrected chi connectivity index (χ0v) is 12.4. The molecular formula is C13H13N5O2S. The van der Waals surface area contributed by atoms with Gasteiger partial charge < -0.3 is 0 Å². The van der Waals surface area contributed by atoms with Gasteiger partial charge in [0.15, 0.2) is 11.4 Å². The molecule has 0 spiro atoms. The fourth-order valence-corrected chi connectivity index (χ4v) is 2.89. The third-order valence-electron chi connectivity index (χ3n) is 3.20. The van der Waals surface area contributed by atoms with Crippen LogP contribution in [0.4, 0.5) is 0 Å². The van der Waals surface area contributed by atoms with Crippen LogP contribution in [0.5, 0.6) is 0 Å². The van der Waals surface area contributed by atoms with Gasteiger partial charge in [0, 0.05) is 11.9 Å². The lowest BCUT2D eigenvalue weighted by Gasteiger charge is -2.01. The summed E-state index contributed by atoms with van der Waals surface area (Å²) in [4.78, 5) is 26.2. The first kappa shape index (κ1) is 13.6. The van der Waals surface area contributed by atoms with Crippen LogP contribution >= 0.6 is 11.3 Å². The van der Waals surface area contributed by atoms with E-state index in [1.807, 2.05) is 13.0 Å². The number of hydrogen-bond donors (Lipinski definition) is 0. The summed E-state index contributed by atoms with van der Waals surface area (Å²) in [7, 11) is 1.68. The molecule has 3 aromatic rings. The van der Waals surface area contributed by atoms with Crippen molar-refractivity contribution in [2.75, 3.05) is 0 Å². The number of rotatable bonds is 4. The first-order chi connectivity index (χ1) is 10.1. The quantitative estimate of drug-likeness (QED) is 0.672. The molecule has 0 radical (unpaired) electrons. The minimum Gasteiger partial charge on any atom is -0.291 e. The van der Waals surface area contributed by atoms with Crippen LogP contribution in [0.3, 0.4) is 0 Å². The van der Waals surface area contributed by atoms with Gasteiger partial charge in [0.1, 0.15) is 11.9 Å². The number of nitrogens with zero attached hydrogens (tertiary/aromatic N) is 5. The number of Topliss-reactive ketones (excluding diaryl/α,β-unsaturated/α-hetero) is 1. The summed E-state index contributed by atoms with van der Waals surface area (Å²) in [6, 6.07) is 3.71. The second-order valence-corrected chi connectivity index (χ2v) is 5.77. The normalized spacial score (nSPS) is 11.1. The maximum Gasteiger partial charge on any atom is 0.281 e. The van der Waals surface area contributed by atoms with Gasteiger partial charge >= 0.3 is 0 Å². The van der Waals surface area contributed by atoms with Crippen molar-refractivity contribution in [2.45, 2.75) is 19.9 Å². The Morgan fingerprint density at radius 2 is 2.19 bits per heavy atom. The Balaban J connectivity index is 1.92. The molecule has 0 amide bonds. The predicted octanol–water partition coefficient (Wildman–Crippen LogP) is 1.03. The zero-order chi connectivity index (χ0) is 15.0. The molecule has 0 aromatic carbocycles. The van der Waals surface area contributed by atoms with Crippen molar-refractivity contribution in [1.29, 1.82) is 0 Å². The molecule has 0 bridgehead atoms. The minimum atomic E-state index is -0.353. The van der Waals surface area contributed by atoms with Crippen molar-refractivity contribution in [2.24, 2.45) is 7.05 Å². The van der Waals surface area contributed by atoms with Crippen LogP contribution in [-0.2, 0) is 20.0 Å². The monoisotopic (exact) mass is 303 g/mol. The highest BCUT2D eigenvalue weighted by molar-refractivity contribution is 7.14. The van der Waals surface area contributed by atoms with E-state index < -0.39 is 0 Å². The number of hydrogen-bond acceptors (Lipinski definition) is 6. The maximum atomic E-state index is 12.2. The SMILES string of the molecule is CCc1ccc(C(=O)Cn2nnc3c(cnn3C)c2=O)s1. The lowest BCUT2D eigenvalue weighted by atomic mass is 10.3. The molecule has 108 valence electrons. The van der Waals surface area contributed by atoms with E-state index in [1.54, 1.807) is 13.1 Å². The summed E-state index contributed by atoms with van der Waals surface area (Å²) in [6.45, 7) is 1.92. The van der Waals surface area contributed by atoms with Crippen molar-refractivity contribution >= 4 is 28.2 Å². The third kappa shape index (κ3) is 2.38. The van der Waals surface area contributed by atoms with E-state index in [-0.39, 0.29) is 17.9 Å². The smallest absolute Gasteiger partial charge is 0.281 e. The Hall–Kier alpha value is -2.35. The van der Waals surface area contributed by atoms with Crippen molar-refractivity contribution in [3.8, 4) is 0 Å². The number of aryl methyl sites for hydroxylation is 2. The van der Waals surface area contributed by atoms with Crippen molar-refractivity contribution in [3.05, 3.63) is 38.4 Å². The number of thiophene rings is 1. The van der Waals surface area contributed by atoms with Gasteiger partial charge in [-0.1, -0.05) is 12.1 Å². The van der Waals surface area contributed by atoms with Crippen molar-refractivity contribution < 1.29 is 4.79 Å².